The van der Waals surface area contributed by atoms with Crippen LogP contribution in [0.3, 0.4) is 0 Å². The molecule has 80 valence electrons. The Labute approximate surface area is 89.9 Å². The minimum atomic E-state index is -0.659. The number of carboxylic acid groups (broad SMARTS) is 1. The van der Waals surface area contributed by atoms with Crippen molar-refractivity contribution in [2.24, 2.45) is 5.92 Å². The van der Waals surface area contributed by atoms with Crippen molar-refractivity contribution in [2.45, 2.75) is 32.6 Å². The number of fused-ring (bicyclic) bond motifs is 1. The lowest BCUT2D eigenvalue weighted by Crippen LogP contribution is -2.25. The quantitative estimate of drug-likeness (QED) is 0.763. The molecule has 2 heteroatoms. The maximum Gasteiger partial charge on any atom is 0.307 e. The van der Waals surface area contributed by atoms with Crippen LogP contribution >= 0.6 is 0 Å². The van der Waals surface area contributed by atoms with Crippen LogP contribution in [0, 0.1) is 12.8 Å². The molecular weight excluding hydrogens is 188 g/mol. The average molecular weight is 204 g/mol. The van der Waals surface area contributed by atoms with Crippen molar-refractivity contribution in [3.8, 4) is 0 Å². The molecule has 15 heavy (non-hydrogen) atoms. The summed E-state index contributed by atoms with van der Waals surface area (Å²) in [4.78, 5) is 11.0. The van der Waals surface area contributed by atoms with Gasteiger partial charge >= 0.3 is 5.97 Å². The van der Waals surface area contributed by atoms with E-state index in [1.54, 1.807) is 0 Å². The van der Waals surface area contributed by atoms with Crippen molar-refractivity contribution in [3.63, 3.8) is 0 Å². The highest BCUT2D eigenvalue weighted by Crippen LogP contribution is 2.36. The monoisotopic (exact) mass is 204 g/mol. The van der Waals surface area contributed by atoms with Gasteiger partial charge < -0.3 is 5.11 Å². The summed E-state index contributed by atoms with van der Waals surface area (Å²) >= 11 is 0. The second-order valence-corrected chi connectivity index (χ2v) is 4.47. The summed E-state index contributed by atoms with van der Waals surface area (Å²) in [5.74, 6) is -0.721. The molecule has 1 aliphatic carbocycles. The molecule has 2 unspecified atom stereocenters. The molecule has 0 radical (unpaired) electrons. The highest BCUT2D eigenvalue weighted by Gasteiger charge is 2.30. The second-order valence-electron chi connectivity index (χ2n) is 4.47. The molecule has 0 amide bonds. The number of carboxylic acids is 1. The van der Waals surface area contributed by atoms with Gasteiger partial charge in [0, 0.05) is 0 Å². The summed E-state index contributed by atoms with van der Waals surface area (Å²) in [5.41, 5.74) is 3.81. The van der Waals surface area contributed by atoms with E-state index in [0.29, 0.717) is 0 Å². The van der Waals surface area contributed by atoms with Crippen molar-refractivity contribution >= 4 is 5.97 Å². The molecule has 0 saturated heterocycles. The number of rotatable bonds is 1. The van der Waals surface area contributed by atoms with Crippen molar-refractivity contribution in [1.29, 1.82) is 0 Å². The molecule has 0 spiro atoms. The molecule has 0 saturated carbocycles. The lowest BCUT2D eigenvalue weighted by atomic mass is 9.76. The molecular formula is C13H16O2. The zero-order valence-corrected chi connectivity index (χ0v) is 9.16. The molecule has 2 rings (SSSR count). The first kappa shape index (κ1) is 10.2. The molecule has 0 fully saturated rings. The summed E-state index contributed by atoms with van der Waals surface area (Å²) in [6, 6.07) is 6.34. The normalized spacial score (nSPS) is 24.7. The number of hydrogen-bond acceptors (Lipinski definition) is 1. The van der Waals surface area contributed by atoms with Gasteiger partial charge in [0.2, 0.25) is 0 Å². The summed E-state index contributed by atoms with van der Waals surface area (Å²) in [6.07, 6.45) is 1.67. The van der Waals surface area contributed by atoms with Gasteiger partial charge in [0.25, 0.3) is 0 Å². The van der Waals surface area contributed by atoms with Crippen LogP contribution in [-0.4, -0.2) is 11.1 Å². The molecule has 0 heterocycles. The minimum Gasteiger partial charge on any atom is -0.481 e. The number of carbonyl (C=O) groups is 1. The van der Waals surface area contributed by atoms with Gasteiger partial charge in [-0.15, -0.1) is 0 Å². The molecule has 2 nitrogen and oxygen atoms in total. The zero-order valence-electron chi connectivity index (χ0n) is 9.16. The molecule has 2 atom stereocenters. The number of aryl methyl sites for hydroxylation is 2. The Bertz CT molecular complexity index is 396. The van der Waals surface area contributed by atoms with E-state index in [-0.39, 0.29) is 11.8 Å². The van der Waals surface area contributed by atoms with Crippen molar-refractivity contribution < 1.29 is 9.90 Å². The largest absolute Gasteiger partial charge is 0.481 e. The second kappa shape index (κ2) is 3.69. The zero-order chi connectivity index (χ0) is 11.0. The van der Waals surface area contributed by atoms with E-state index in [1.165, 1.54) is 16.7 Å². The van der Waals surface area contributed by atoms with Gasteiger partial charge in [0.1, 0.15) is 0 Å². The summed E-state index contributed by atoms with van der Waals surface area (Å²) in [5, 5.41) is 9.09. The molecule has 1 aromatic rings. The lowest BCUT2D eigenvalue weighted by Gasteiger charge is -2.28. The van der Waals surface area contributed by atoms with E-state index in [4.69, 9.17) is 5.11 Å². The van der Waals surface area contributed by atoms with Crippen LogP contribution in [0.15, 0.2) is 18.2 Å². The highest BCUT2D eigenvalue weighted by atomic mass is 16.4. The van der Waals surface area contributed by atoms with Gasteiger partial charge in [0.15, 0.2) is 0 Å². The molecule has 0 bridgehead atoms. The first-order valence-electron chi connectivity index (χ1n) is 5.42. The predicted molar refractivity (Wildman–Crippen MR) is 59.0 cm³/mol. The van der Waals surface area contributed by atoms with E-state index in [0.717, 1.165) is 12.8 Å². The Morgan fingerprint density at radius 3 is 2.87 bits per heavy atom. The Balaban J connectivity index is 2.38. The first-order valence-corrected chi connectivity index (χ1v) is 5.42. The molecule has 0 aromatic heterocycles. The van der Waals surface area contributed by atoms with Crippen molar-refractivity contribution in [2.75, 3.05) is 0 Å². The summed E-state index contributed by atoms with van der Waals surface area (Å²) < 4.78 is 0. The summed E-state index contributed by atoms with van der Waals surface area (Å²) in [7, 11) is 0. The summed E-state index contributed by atoms with van der Waals surface area (Å²) in [6.45, 7) is 4.10. The molecule has 0 aliphatic heterocycles. The Morgan fingerprint density at radius 1 is 1.47 bits per heavy atom. The predicted octanol–water partition coefficient (Wildman–Crippen LogP) is 2.75. The van der Waals surface area contributed by atoms with Gasteiger partial charge in [-0.05, 0) is 36.8 Å². The SMILES string of the molecule is Cc1ccc2c(c1)CCC(C(=O)O)C2C. The third kappa shape index (κ3) is 1.76. The van der Waals surface area contributed by atoms with E-state index >= 15 is 0 Å². The maximum absolute atomic E-state index is 11.0. The standard InChI is InChI=1S/C13H16O2/c1-8-3-5-11-9(2)12(13(14)15)6-4-10(11)7-8/h3,5,7,9,12H,4,6H2,1-2H3,(H,14,15). The number of aliphatic carboxylic acids is 1. The third-order valence-corrected chi connectivity index (χ3v) is 3.43. The van der Waals surface area contributed by atoms with E-state index < -0.39 is 5.97 Å². The van der Waals surface area contributed by atoms with E-state index in [9.17, 15) is 4.79 Å². The smallest absolute Gasteiger partial charge is 0.307 e. The van der Waals surface area contributed by atoms with Gasteiger partial charge in [0.05, 0.1) is 5.92 Å². The highest BCUT2D eigenvalue weighted by molar-refractivity contribution is 5.72. The molecule has 1 aliphatic rings. The van der Waals surface area contributed by atoms with Gasteiger partial charge in [-0.3, -0.25) is 4.79 Å². The van der Waals surface area contributed by atoms with Crippen molar-refractivity contribution in [3.05, 3.63) is 34.9 Å². The number of benzene rings is 1. The molecule has 1 N–H and O–H groups in total. The van der Waals surface area contributed by atoms with Crippen LogP contribution in [-0.2, 0) is 11.2 Å². The Hall–Kier alpha value is -1.31. The van der Waals surface area contributed by atoms with Crippen LogP contribution in [0.25, 0.3) is 0 Å². The number of hydrogen-bond donors (Lipinski definition) is 1. The maximum atomic E-state index is 11.0. The van der Waals surface area contributed by atoms with Crippen LogP contribution in [0.5, 0.6) is 0 Å². The van der Waals surface area contributed by atoms with E-state index in [2.05, 4.69) is 25.1 Å². The van der Waals surface area contributed by atoms with Gasteiger partial charge in [-0.1, -0.05) is 30.7 Å². The van der Waals surface area contributed by atoms with Crippen molar-refractivity contribution in [1.82, 2.24) is 0 Å². The molecule has 1 aromatic carbocycles. The fourth-order valence-electron chi connectivity index (χ4n) is 2.51. The first-order chi connectivity index (χ1) is 7.09. The lowest BCUT2D eigenvalue weighted by molar-refractivity contribution is -0.142. The van der Waals surface area contributed by atoms with Gasteiger partial charge in [-0.25, -0.2) is 0 Å². The topological polar surface area (TPSA) is 37.3 Å². The average Bonchev–Trinajstić information content (AvgIpc) is 2.17. The fourth-order valence-corrected chi connectivity index (χ4v) is 2.51. The van der Waals surface area contributed by atoms with Gasteiger partial charge in [-0.2, -0.15) is 0 Å². The third-order valence-electron chi connectivity index (χ3n) is 3.43. The Morgan fingerprint density at radius 2 is 2.20 bits per heavy atom. The minimum absolute atomic E-state index is 0.145. The van der Waals surface area contributed by atoms with Crippen LogP contribution in [0.4, 0.5) is 0 Å². The fraction of sp³-hybridized carbons (Fsp3) is 0.462. The van der Waals surface area contributed by atoms with Crippen LogP contribution in [0.1, 0.15) is 36.0 Å². The van der Waals surface area contributed by atoms with Crippen LogP contribution < -0.4 is 0 Å². The van der Waals surface area contributed by atoms with E-state index in [1.807, 2.05) is 6.92 Å². The Kier molecular flexibility index (Phi) is 2.51. The van der Waals surface area contributed by atoms with Crippen LogP contribution in [0.2, 0.25) is 0 Å².